The molecule has 8 heteroatoms. The van der Waals surface area contributed by atoms with Gasteiger partial charge in [0.1, 0.15) is 5.70 Å². The van der Waals surface area contributed by atoms with Crippen LogP contribution < -0.4 is 9.47 Å². The van der Waals surface area contributed by atoms with Gasteiger partial charge in [0.25, 0.3) is 0 Å². The standard InChI is InChI=1S/C17H19NO7/c1-17(2)12(14(19)20)13(15(21)22)18(16(17)23)8-9-5-6-10(24-3)11(7-9)25-4/h5-7H,8H2,1-4H3,(H,19,20)(H,21,22). The van der Waals surface area contributed by atoms with Crippen molar-refractivity contribution >= 4 is 17.8 Å². The maximum Gasteiger partial charge on any atom is 0.353 e. The van der Waals surface area contributed by atoms with Gasteiger partial charge in [-0.15, -0.1) is 0 Å². The monoisotopic (exact) mass is 349 g/mol. The molecule has 0 aromatic heterocycles. The number of ether oxygens (including phenoxy) is 2. The van der Waals surface area contributed by atoms with Gasteiger partial charge < -0.3 is 24.6 Å². The molecule has 8 nitrogen and oxygen atoms in total. The summed E-state index contributed by atoms with van der Waals surface area (Å²) in [6.45, 7) is 2.70. The van der Waals surface area contributed by atoms with Crippen LogP contribution in [-0.2, 0) is 20.9 Å². The Labute approximate surface area is 144 Å². The first-order valence-electron chi connectivity index (χ1n) is 7.39. The van der Waals surface area contributed by atoms with Crippen LogP contribution in [0.15, 0.2) is 29.5 Å². The van der Waals surface area contributed by atoms with Crippen LogP contribution in [0.25, 0.3) is 0 Å². The Balaban J connectivity index is 2.50. The molecule has 0 fully saturated rings. The lowest BCUT2D eigenvalue weighted by molar-refractivity contribution is -0.141. The molecule has 1 aliphatic rings. The van der Waals surface area contributed by atoms with E-state index >= 15 is 0 Å². The van der Waals surface area contributed by atoms with Crippen molar-refractivity contribution in [3.63, 3.8) is 0 Å². The molecule has 0 unspecified atom stereocenters. The first-order chi connectivity index (χ1) is 11.6. The molecule has 0 saturated heterocycles. The first kappa shape index (κ1) is 18.3. The van der Waals surface area contributed by atoms with Crippen LogP contribution in [0.5, 0.6) is 11.5 Å². The number of amides is 1. The molecular weight excluding hydrogens is 330 g/mol. The lowest BCUT2D eigenvalue weighted by atomic mass is 9.85. The number of hydrogen-bond acceptors (Lipinski definition) is 5. The Kier molecular flexibility index (Phi) is 4.73. The second-order valence-corrected chi connectivity index (χ2v) is 6.04. The zero-order valence-electron chi connectivity index (χ0n) is 14.3. The quantitative estimate of drug-likeness (QED) is 0.800. The first-order valence-corrected chi connectivity index (χ1v) is 7.39. The van der Waals surface area contributed by atoms with Gasteiger partial charge >= 0.3 is 11.9 Å². The van der Waals surface area contributed by atoms with E-state index in [1.807, 2.05) is 0 Å². The van der Waals surface area contributed by atoms with Crippen molar-refractivity contribution in [1.29, 1.82) is 0 Å². The normalized spacial score (nSPS) is 16.2. The SMILES string of the molecule is COc1ccc(CN2C(=O)C(C)(C)C(C(=O)O)=C2C(=O)O)cc1OC. The summed E-state index contributed by atoms with van der Waals surface area (Å²) in [7, 11) is 2.94. The van der Waals surface area contributed by atoms with E-state index in [4.69, 9.17) is 9.47 Å². The number of hydrogen-bond donors (Lipinski definition) is 2. The van der Waals surface area contributed by atoms with Crippen LogP contribution in [0.4, 0.5) is 0 Å². The average Bonchev–Trinajstić information content (AvgIpc) is 2.75. The van der Waals surface area contributed by atoms with Gasteiger partial charge in [0.15, 0.2) is 11.5 Å². The van der Waals surface area contributed by atoms with Gasteiger partial charge in [0, 0.05) is 0 Å². The minimum absolute atomic E-state index is 0.0962. The van der Waals surface area contributed by atoms with Crippen molar-refractivity contribution in [2.45, 2.75) is 20.4 Å². The van der Waals surface area contributed by atoms with Crippen molar-refractivity contribution in [3.8, 4) is 11.5 Å². The van der Waals surface area contributed by atoms with Gasteiger partial charge in [-0.2, -0.15) is 0 Å². The number of benzene rings is 1. The Bertz CT molecular complexity index is 779. The highest BCUT2D eigenvalue weighted by Crippen LogP contribution is 2.41. The molecule has 0 aliphatic carbocycles. The molecule has 25 heavy (non-hydrogen) atoms. The number of carbonyl (C=O) groups is 3. The summed E-state index contributed by atoms with van der Waals surface area (Å²) in [6, 6.07) is 4.89. The summed E-state index contributed by atoms with van der Waals surface area (Å²) in [5, 5.41) is 18.8. The number of nitrogens with zero attached hydrogens (tertiary/aromatic N) is 1. The molecule has 0 atom stereocenters. The molecule has 1 aromatic carbocycles. The van der Waals surface area contributed by atoms with Crippen molar-refractivity contribution in [2.75, 3.05) is 14.2 Å². The van der Waals surface area contributed by atoms with Crippen LogP contribution in [0.1, 0.15) is 19.4 Å². The second kappa shape index (κ2) is 6.46. The number of carboxylic acids is 2. The van der Waals surface area contributed by atoms with Gasteiger partial charge in [-0.1, -0.05) is 6.07 Å². The smallest absolute Gasteiger partial charge is 0.353 e. The van der Waals surface area contributed by atoms with Crippen LogP contribution in [0, 0.1) is 5.41 Å². The highest BCUT2D eigenvalue weighted by atomic mass is 16.5. The molecule has 0 saturated carbocycles. The van der Waals surface area contributed by atoms with E-state index in [1.54, 1.807) is 18.2 Å². The van der Waals surface area contributed by atoms with Crippen LogP contribution in [-0.4, -0.2) is 47.2 Å². The summed E-state index contributed by atoms with van der Waals surface area (Å²) >= 11 is 0. The Morgan fingerprint density at radius 1 is 1.08 bits per heavy atom. The van der Waals surface area contributed by atoms with E-state index in [1.165, 1.54) is 28.1 Å². The van der Waals surface area contributed by atoms with Gasteiger partial charge in [-0.3, -0.25) is 4.79 Å². The summed E-state index contributed by atoms with van der Waals surface area (Å²) in [4.78, 5) is 36.8. The summed E-state index contributed by atoms with van der Waals surface area (Å²) < 4.78 is 10.3. The van der Waals surface area contributed by atoms with Crippen molar-refractivity contribution in [2.24, 2.45) is 5.41 Å². The largest absolute Gasteiger partial charge is 0.493 e. The van der Waals surface area contributed by atoms with Crippen molar-refractivity contribution < 1.29 is 34.1 Å². The Morgan fingerprint density at radius 2 is 1.68 bits per heavy atom. The molecule has 0 radical (unpaired) electrons. The molecule has 2 N–H and O–H groups in total. The highest BCUT2D eigenvalue weighted by molar-refractivity contribution is 6.11. The maximum atomic E-state index is 12.6. The number of rotatable bonds is 6. The van der Waals surface area contributed by atoms with Crippen LogP contribution in [0.2, 0.25) is 0 Å². The van der Waals surface area contributed by atoms with E-state index in [9.17, 15) is 24.6 Å². The minimum atomic E-state index is -1.46. The highest BCUT2D eigenvalue weighted by Gasteiger charge is 2.51. The summed E-state index contributed by atoms with van der Waals surface area (Å²) in [5.41, 5.74) is -1.80. The number of carbonyl (C=O) groups excluding carboxylic acids is 1. The van der Waals surface area contributed by atoms with E-state index in [0.29, 0.717) is 17.1 Å². The summed E-state index contributed by atoms with van der Waals surface area (Å²) in [5.74, 6) is -2.57. The molecule has 0 spiro atoms. The van der Waals surface area contributed by atoms with Gasteiger partial charge in [-0.25, -0.2) is 9.59 Å². The minimum Gasteiger partial charge on any atom is -0.493 e. The fourth-order valence-electron chi connectivity index (χ4n) is 2.88. The fourth-order valence-corrected chi connectivity index (χ4v) is 2.88. The van der Waals surface area contributed by atoms with Crippen LogP contribution >= 0.6 is 0 Å². The maximum absolute atomic E-state index is 12.6. The number of carboxylic acid groups (broad SMARTS) is 2. The molecule has 134 valence electrons. The van der Waals surface area contributed by atoms with E-state index in [0.717, 1.165) is 4.90 Å². The van der Waals surface area contributed by atoms with Crippen molar-refractivity contribution in [1.82, 2.24) is 4.90 Å². The number of aliphatic carboxylic acids is 2. The van der Waals surface area contributed by atoms with Gasteiger partial charge in [0.05, 0.1) is 31.8 Å². The van der Waals surface area contributed by atoms with Gasteiger partial charge in [-0.05, 0) is 31.5 Å². The molecule has 2 rings (SSSR count). The van der Waals surface area contributed by atoms with Crippen LogP contribution in [0.3, 0.4) is 0 Å². The predicted octanol–water partition coefficient (Wildman–Crippen LogP) is 1.50. The third kappa shape index (κ3) is 3.02. The third-order valence-electron chi connectivity index (χ3n) is 4.12. The third-order valence-corrected chi connectivity index (χ3v) is 4.12. The Morgan fingerprint density at radius 3 is 2.16 bits per heavy atom. The van der Waals surface area contributed by atoms with Gasteiger partial charge in [0.2, 0.25) is 5.91 Å². The molecular formula is C17H19NO7. The fraction of sp³-hybridized carbons (Fsp3) is 0.353. The second-order valence-electron chi connectivity index (χ2n) is 6.04. The number of methoxy groups -OCH3 is 2. The van der Waals surface area contributed by atoms with E-state index in [-0.39, 0.29) is 6.54 Å². The zero-order valence-corrected chi connectivity index (χ0v) is 14.3. The molecule has 1 amide bonds. The van der Waals surface area contributed by atoms with Crippen molar-refractivity contribution in [3.05, 3.63) is 35.0 Å². The molecule has 1 aliphatic heterocycles. The zero-order chi connectivity index (χ0) is 18.9. The molecule has 1 aromatic rings. The average molecular weight is 349 g/mol. The van der Waals surface area contributed by atoms with E-state index in [2.05, 4.69) is 0 Å². The Hall–Kier alpha value is -3.03. The predicted molar refractivity (Wildman–Crippen MR) is 86.2 cm³/mol. The summed E-state index contributed by atoms with van der Waals surface area (Å²) in [6.07, 6.45) is 0. The lowest BCUT2D eigenvalue weighted by Gasteiger charge is -2.22. The molecule has 0 bridgehead atoms. The molecule has 1 heterocycles. The van der Waals surface area contributed by atoms with E-state index < -0.39 is 34.5 Å². The lowest BCUT2D eigenvalue weighted by Crippen LogP contribution is -2.34. The topological polar surface area (TPSA) is 113 Å².